The Morgan fingerprint density at radius 2 is 1.40 bits per heavy atom. The van der Waals surface area contributed by atoms with E-state index < -0.39 is 11.8 Å². The van der Waals surface area contributed by atoms with E-state index in [1.165, 1.54) is 11.8 Å². The van der Waals surface area contributed by atoms with Crippen LogP contribution in [0.15, 0.2) is 118 Å². The Kier molecular flexibility index (Phi) is 10.2. The molecule has 0 saturated heterocycles. The number of benzene rings is 4. The van der Waals surface area contributed by atoms with Crippen LogP contribution in [0.25, 0.3) is 6.08 Å². The van der Waals surface area contributed by atoms with Crippen molar-refractivity contribution in [2.45, 2.75) is 17.1 Å². The second kappa shape index (κ2) is 14.0. The zero-order valence-corrected chi connectivity index (χ0v) is 24.5. The Bertz CT molecular complexity index is 1510. The molecule has 4 aromatic rings. The fourth-order valence-corrected chi connectivity index (χ4v) is 4.78. The molecule has 0 aliphatic carbocycles. The molecule has 0 radical (unpaired) electrons. The second-order valence-electron chi connectivity index (χ2n) is 8.66. The lowest BCUT2D eigenvalue weighted by Crippen LogP contribution is -2.30. The van der Waals surface area contributed by atoms with Crippen molar-refractivity contribution < 1.29 is 14.4 Å². The van der Waals surface area contributed by atoms with E-state index in [4.69, 9.17) is 11.6 Å². The molecule has 0 aromatic heterocycles. The quantitative estimate of drug-likeness (QED) is 0.131. The van der Waals surface area contributed by atoms with Crippen LogP contribution in [0.4, 0.5) is 11.4 Å². The SMILES string of the molecule is CC(Sc1ccc(NC(=O)/C(=C/c2ccc(Cl)cc2)NC(=O)c2ccccc2)cc1)C(=O)Nc1ccc(Br)cc1. The highest BCUT2D eigenvalue weighted by atomic mass is 79.9. The van der Waals surface area contributed by atoms with Gasteiger partial charge in [-0.1, -0.05) is 57.9 Å². The molecule has 0 heterocycles. The molecule has 0 bridgehead atoms. The molecule has 0 aliphatic rings. The largest absolute Gasteiger partial charge is 0.325 e. The minimum absolute atomic E-state index is 0.0767. The highest BCUT2D eigenvalue weighted by Gasteiger charge is 2.17. The normalized spacial score (nSPS) is 11.8. The van der Waals surface area contributed by atoms with Gasteiger partial charge in [-0.25, -0.2) is 0 Å². The van der Waals surface area contributed by atoms with Gasteiger partial charge < -0.3 is 16.0 Å². The lowest BCUT2D eigenvalue weighted by Gasteiger charge is -2.13. The van der Waals surface area contributed by atoms with Crippen LogP contribution in [0.1, 0.15) is 22.8 Å². The van der Waals surface area contributed by atoms with Crippen LogP contribution in [0.2, 0.25) is 5.02 Å². The van der Waals surface area contributed by atoms with Crippen LogP contribution in [0.5, 0.6) is 0 Å². The molecule has 0 saturated carbocycles. The number of hydrogen-bond acceptors (Lipinski definition) is 4. The number of rotatable bonds is 9. The van der Waals surface area contributed by atoms with Gasteiger partial charge in [-0.2, -0.15) is 0 Å². The van der Waals surface area contributed by atoms with Gasteiger partial charge in [0.15, 0.2) is 0 Å². The fourth-order valence-electron chi connectivity index (χ4n) is 3.52. The Morgan fingerprint density at radius 1 is 0.800 bits per heavy atom. The first kappa shape index (κ1) is 29.1. The molecule has 1 unspecified atom stereocenters. The number of hydrogen-bond donors (Lipinski definition) is 3. The van der Waals surface area contributed by atoms with Crippen LogP contribution < -0.4 is 16.0 Å². The van der Waals surface area contributed by atoms with E-state index in [0.717, 1.165) is 15.1 Å². The molecule has 9 heteroatoms. The van der Waals surface area contributed by atoms with Crippen molar-refractivity contribution in [2.24, 2.45) is 0 Å². The summed E-state index contributed by atoms with van der Waals surface area (Å²) in [5.74, 6) is -1.00. The minimum atomic E-state index is -0.484. The molecular weight excluding hydrogens is 610 g/mol. The molecule has 0 fully saturated rings. The van der Waals surface area contributed by atoms with E-state index in [1.807, 2.05) is 49.4 Å². The molecule has 1 atom stereocenters. The summed E-state index contributed by atoms with van der Waals surface area (Å²) in [4.78, 5) is 39.5. The van der Waals surface area contributed by atoms with E-state index in [9.17, 15) is 14.4 Å². The number of amides is 3. The molecule has 0 spiro atoms. The Hall–Kier alpha value is -3.85. The van der Waals surface area contributed by atoms with Crippen LogP contribution >= 0.6 is 39.3 Å². The smallest absolute Gasteiger partial charge is 0.272 e. The third-order valence-corrected chi connectivity index (χ3v) is 7.51. The molecule has 6 nitrogen and oxygen atoms in total. The highest BCUT2D eigenvalue weighted by Crippen LogP contribution is 2.26. The van der Waals surface area contributed by atoms with Gasteiger partial charge in [-0.05, 0) is 91.4 Å². The van der Waals surface area contributed by atoms with E-state index in [0.29, 0.717) is 21.8 Å². The average Bonchev–Trinajstić information content (AvgIpc) is 2.96. The lowest BCUT2D eigenvalue weighted by atomic mass is 10.1. The summed E-state index contributed by atoms with van der Waals surface area (Å²) in [5, 5.41) is 8.67. The summed E-state index contributed by atoms with van der Waals surface area (Å²) in [6.45, 7) is 1.83. The molecule has 40 heavy (non-hydrogen) atoms. The summed E-state index contributed by atoms with van der Waals surface area (Å²) in [5.41, 5.74) is 2.47. The Balaban J connectivity index is 1.42. The van der Waals surface area contributed by atoms with Crippen molar-refractivity contribution in [3.63, 3.8) is 0 Å². The van der Waals surface area contributed by atoms with Crippen LogP contribution in [0.3, 0.4) is 0 Å². The Morgan fingerprint density at radius 3 is 2.05 bits per heavy atom. The standard InChI is InChI=1S/C31H25BrClN3O3S/c1-20(29(37)34-25-13-9-23(32)10-14-25)40-27-17-15-26(16-18-27)35-31(39)28(19-21-7-11-24(33)12-8-21)36-30(38)22-5-3-2-4-6-22/h2-20H,1H3,(H,34,37)(H,35,39)(H,36,38)/b28-19-. The molecule has 0 aliphatic heterocycles. The number of anilines is 2. The van der Waals surface area contributed by atoms with Crippen molar-refractivity contribution in [1.29, 1.82) is 0 Å². The number of carbonyl (C=O) groups excluding carboxylic acids is 3. The summed E-state index contributed by atoms with van der Waals surface area (Å²) in [6, 6.07) is 30.1. The van der Waals surface area contributed by atoms with Gasteiger partial charge in [0.25, 0.3) is 11.8 Å². The summed E-state index contributed by atoms with van der Waals surface area (Å²) >= 11 is 10.8. The molecule has 3 amide bonds. The second-order valence-corrected chi connectivity index (χ2v) is 11.4. The van der Waals surface area contributed by atoms with Crippen molar-refractivity contribution in [3.05, 3.63) is 129 Å². The third kappa shape index (κ3) is 8.58. The number of thioether (sulfide) groups is 1. The van der Waals surface area contributed by atoms with Crippen molar-refractivity contribution >= 4 is 74.5 Å². The molecule has 4 rings (SSSR count). The van der Waals surface area contributed by atoms with E-state index in [1.54, 1.807) is 66.7 Å². The van der Waals surface area contributed by atoms with Crippen LogP contribution in [-0.2, 0) is 9.59 Å². The average molecular weight is 635 g/mol. The van der Waals surface area contributed by atoms with Crippen LogP contribution in [0, 0.1) is 0 Å². The molecule has 3 N–H and O–H groups in total. The van der Waals surface area contributed by atoms with Crippen molar-refractivity contribution in [3.8, 4) is 0 Å². The molecule has 202 valence electrons. The van der Waals surface area contributed by atoms with E-state index >= 15 is 0 Å². The lowest BCUT2D eigenvalue weighted by molar-refractivity contribution is -0.115. The van der Waals surface area contributed by atoms with Gasteiger partial charge in [0.2, 0.25) is 5.91 Å². The maximum Gasteiger partial charge on any atom is 0.272 e. The van der Waals surface area contributed by atoms with Gasteiger partial charge in [0.1, 0.15) is 5.70 Å². The van der Waals surface area contributed by atoms with Crippen molar-refractivity contribution in [2.75, 3.05) is 10.6 Å². The molecule has 4 aromatic carbocycles. The van der Waals surface area contributed by atoms with Gasteiger partial charge >= 0.3 is 0 Å². The highest BCUT2D eigenvalue weighted by molar-refractivity contribution is 9.10. The van der Waals surface area contributed by atoms with Crippen molar-refractivity contribution in [1.82, 2.24) is 5.32 Å². The first-order valence-electron chi connectivity index (χ1n) is 12.2. The zero-order chi connectivity index (χ0) is 28.5. The maximum atomic E-state index is 13.2. The Labute approximate surface area is 250 Å². The fraction of sp³-hybridized carbons (Fsp3) is 0.0645. The monoisotopic (exact) mass is 633 g/mol. The predicted molar refractivity (Wildman–Crippen MR) is 166 cm³/mol. The maximum absolute atomic E-state index is 13.2. The summed E-state index contributed by atoms with van der Waals surface area (Å²) < 4.78 is 0.936. The molecular formula is C31H25BrClN3O3S. The van der Waals surface area contributed by atoms with Gasteiger partial charge in [0, 0.05) is 31.3 Å². The minimum Gasteiger partial charge on any atom is -0.325 e. The van der Waals surface area contributed by atoms with E-state index in [2.05, 4.69) is 31.9 Å². The summed E-state index contributed by atoms with van der Waals surface area (Å²) in [6.07, 6.45) is 1.59. The van der Waals surface area contributed by atoms with Gasteiger partial charge in [-0.15, -0.1) is 11.8 Å². The number of halogens is 2. The first-order chi connectivity index (χ1) is 19.3. The van der Waals surface area contributed by atoms with Crippen LogP contribution in [-0.4, -0.2) is 23.0 Å². The third-order valence-electron chi connectivity index (χ3n) is 5.62. The summed E-state index contributed by atoms with van der Waals surface area (Å²) in [7, 11) is 0. The number of carbonyl (C=O) groups is 3. The predicted octanol–water partition coefficient (Wildman–Crippen LogP) is 7.63. The number of nitrogens with one attached hydrogen (secondary N) is 3. The topological polar surface area (TPSA) is 87.3 Å². The zero-order valence-electron chi connectivity index (χ0n) is 21.4. The van der Waals surface area contributed by atoms with Gasteiger partial charge in [0.05, 0.1) is 5.25 Å². The first-order valence-corrected chi connectivity index (χ1v) is 14.3. The van der Waals surface area contributed by atoms with Gasteiger partial charge in [-0.3, -0.25) is 14.4 Å². The van der Waals surface area contributed by atoms with E-state index in [-0.39, 0.29) is 16.9 Å².